The fraction of sp³-hybridized carbons (Fsp3) is 0.292. The van der Waals surface area contributed by atoms with Crippen LogP contribution in [0.4, 0.5) is 5.82 Å². The van der Waals surface area contributed by atoms with Crippen LogP contribution in [0.5, 0.6) is 11.8 Å². The summed E-state index contributed by atoms with van der Waals surface area (Å²) in [5.74, 6) is 0.934. The van der Waals surface area contributed by atoms with Gasteiger partial charge in [0.1, 0.15) is 24.2 Å². The van der Waals surface area contributed by atoms with Gasteiger partial charge in [-0.05, 0) is 47.6 Å². The number of imidazole rings is 1. The van der Waals surface area contributed by atoms with Gasteiger partial charge in [0.05, 0.1) is 18.4 Å². The lowest BCUT2D eigenvalue weighted by Gasteiger charge is -2.22. The molecule has 10 nitrogen and oxygen atoms in total. The van der Waals surface area contributed by atoms with Crippen molar-refractivity contribution in [3.05, 3.63) is 76.6 Å². The molecule has 0 fully saturated rings. The van der Waals surface area contributed by atoms with Gasteiger partial charge in [-0.2, -0.15) is 0 Å². The monoisotopic (exact) mass is 460 g/mol. The van der Waals surface area contributed by atoms with Gasteiger partial charge in [0, 0.05) is 10.5 Å². The average molecular weight is 460 g/mol. The molecule has 3 heterocycles. The van der Waals surface area contributed by atoms with Crippen molar-refractivity contribution in [3.8, 4) is 28.7 Å². The third-order valence-corrected chi connectivity index (χ3v) is 5.77. The van der Waals surface area contributed by atoms with E-state index in [1.807, 2.05) is 37.4 Å². The molecule has 0 amide bonds. The first-order valence-corrected chi connectivity index (χ1v) is 11.0. The van der Waals surface area contributed by atoms with Gasteiger partial charge in [-0.15, -0.1) is 5.10 Å². The van der Waals surface area contributed by atoms with Crippen molar-refractivity contribution < 1.29 is 14.4 Å². The Labute approximate surface area is 195 Å². The fourth-order valence-corrected chi connectivity index (χ4v) is 3.85. The van der Waals surface area contributed by atoms with E-state index in [9.17, 15) is 10.1 Å². The van der Waals surface area contributed by atoms with Gasteiger partial charge < -0.3 is 19.6 Å². The Kier molecular flexibility index (Phi) is 5.27. The van der Waals surface area contributed by atoms with Crippen LogP contribution in [0.25, 0.3) is 16.9 Å². The lowest BCUT2D eigenvalue weighted by Crippen LogP contribution is -2.38. The quantitative estimate of drug-likeness (QED) is 0.297. The van der Waals surface area contributed by atoms with E-state index in [1.54, 1.807) is 9.25 Å². The summed E-state index contributed by atoms with van der Waals surface area (Å²) in [6, 6.07) is 16.1. The van der Waals surface area contributed by atoms with Gasteiger partial charge in [-0.25, -0.2) is 4.68 Å². The average Bonchev–Trinajstić information content (AvgIpc) is 3.52. The SMILES string of the molecule is CC(C)c1ccc(-c2cn(-c3ccc(OC[C@@]4(C)Cn5cc([N+](=O)[O-])nc5O4)cc3)nn2)cc1. The van der Waals surface area contributed by atoms with Crippen LogP contribution >= 0.6 is 0 Å². The van der Waals surface area contributed by atoms with Crippen LogP contribution in [0.1, 0.15) is 32.3 Å². The zero-order valence-corrected chi connectivity index (χ0v) is 19.1. The summed E-state index contributed by atoms with van der Waals surface area (Å²) in [5.41, 5.74) is 3.31. The number of nitrogens with zero attached hydrogens (tertiary/aromatic N) is 6. The number of nitro groups is 1. The van der Waals surface area contributed by atoms with E-state index in [2.05, 4.69) is 53.4 Å². The first kappa shape index (κ1) is 21.6. The molecule has 174 valence electrons. The molecule has 0 N–H and O–H groups in total. The van der Waals surface area contributed by atoms with E-state index >= 15 is 0 Å². The van der Waals surface area contributed by atoms with Gasteiger partial charge in [0.25, 0.3) is 0 Å². The van der Waals surface area contributed by atoms with Crippen molar-refractivity contribution >= 4 is 5.82 Å². The molecule has 0 saturated carbocycles. The molecule has 1 aliphatic rings. The molecule has 0 radical (unpaired) electrons. The minimum Gasteiger partial charge on any atom is -0.489 e. The second-order valence-corrected chi connectivity index (χ2v) is 8.93. The van der Waals surface area contributed by atoms with Crippen LogP contribution in [-0.2, 0) is 6.54 Å². The standard InChI is InChI=1S/C24H24N6O4/c1-16(2)17-4-6-18(7-5-17)21-12-29(27-26-21)19-8-10-20(11-9-19)33-15-24(3)14-28-13-22(30(31)32)25-23(28)34-24/h4-13,16H,14-15H2,1-3H3/t24-/m1/s1. The smallest absolute Gasteiger partial charge is 0.415 e. The van der Waals surface area contributed by atoms with E-state index in [0.717, 1.165) is 16.9 Å². The molecule has 1 atom stereocenters. The molecule has 1 aliphatic heterocycles. The molecule has 0 spiro atoms. The van der Waals surface area contributed by atoms with E-state index in [-0.39, 0.29) is 18.4 Å². The molecule has 2 aromatic heterocycles. The predicted molar refractivity (Wildman–Crippen MR) is 124 cm³/mol. The predicted octanol–water partition coefficient (Wildman–Crippen LogP) is 4.39. The Balaban J connectivity index is 1.21. The van der Waals surface area contributed by atoms with E-state index < -0.39 is 10.5 Å². The highest BCUT2D eigenvalue weighted by molar-refractivity contribution is 5.58. The Morgan fingerprint density at radius 3 is 2.53 bits per heavy atom. The number of benzene rings is 2. The van der Waals surface area contributed by atoms with Crippen LogP contribution in [-0.4, -0.2) is 41.7 Å². The van der Waals surface area contributed by atoms with Crippen LogP contribution in [0.3, 0.4) is 0 Å². The van der Waals surface area contributed by atoms with Crippen molar-refractivity contribution in [1.82, 2.24) is 24.5 Å². The summed E-state index contributed by atoms with van der Waals surface area (Å²) >= 11 is 0. The maximum absolute atomic E-state index is 10.9. The number of rotatable bonds is 7. The lowest BCUT2D eigenvalue weighted by molar-refractivity contribution is -0.389. The van der Waals surface area contributed by atoms with Crippen LogP contribution < -0.4 is 9.47 Å². The molecule has 4 aromatic rings. The van der Waals surface area contributed by atoms with Gasteiger partial charge in [0.15, 0.2) is 5.60 Å². The molecule has 0 unspecified atom stereocenters. The van der Waals surface area contributed by atoms with E-state index in [4.69, 9.17) is 9.47 Å². The van der Waals surface area contributed by atoms with E-state index in [0.29, 0.717) is 18.2 Å². The molecule has 0 bridgehead atoms. The van der Waals surface area contributed by atoms with Crippen molar-refractivity contribution in [2.75, 3.05) is 6.61 Å². The van der Waals surface area contributed by atoms with Crippen LogP contribution in [0, 0.1) is 10.1 Å². The minimum atomic E-state index is -0.665. The number of fused-ring (bicyclic) bond motifs is 1. The number of aromatic nitrogens is 5. The highest BCUT2D eigenvalue weighted by Crippen LogP contribution is 2.31. The zero-order valence-electron chi connectivity index (χ0n) is 19.1. The maximum Gasteiger partial charge on any atom is 0.415 e. The number of ether oxygens (including phenoxy) is 2. The molecule has 34 heavy (non-hydrogen) atoms. The second-order valence-electron chi connectivity index (χ2n) is 8.93. The zero-order chi connectivity index (χ0) is 23.9. The minimum absolute atomic E-state index is 0.225. The molecule has 5 rings (SSSR count). The van der Waals surface area contributed by atoms with Gasteiger partial charge in [-0.3, -0.25) is 4.57 Å². The fourth-order valence-electron chi connectivity index (χ4n) is 3.85. The van der Waals surface area contributed by atoms with Crippen molar-refractivity contribution in [2.24, 2.45) is 0 Å². The van der Waals surface area contributed by atoms with Crippen molar-refractivity contribution in [3.63, 3.8) is 0 Å². The molecule has 2 aromatic carbocycles. The summed E-state index contributed by atoms with van der Waals surface area (Å²) in [6.45, 7) is 6.91. The van der Waals surface area contributed by atoms with Crippen molar-refractivity contribution in [2.45, 2.75) is 38.8 Å². The molecular weight excluding hydrogens is 436 g/mol. The summed E-state index contributed by atoms with van der Waals surface area (Å²) in [4.78, 5) is 14.2. The Hall–Kier alpha value is -4.21. The Morgan fingerprint density at radius 1 is 1.15 bits per heavy atom. The topological polar surface area (TPSA) is 110 Å². The van der Waals surface area contributed by atoms with Gasteiger partial charge in [-0.1, -0.05) is 43.3 Å². The third kappa shape index (κ3) is 4.21. The summed E-state index contributed by atoms with van der Waals surface area (Å²) < 4.78 is 15.1. The summed E-state index contributed by atoms with van der Waals surface area (Å²) in [6.07, 6.45) is 3.27. The highest BCUT2D eigenvalue weighted by atomic mass is 16.6. The van der Waals surface area contributed by atoms with Crippen LogP contribution in [0.2, 0.25) is 0 Å². The molecular formula is C24H24N6O4. The van der Waals surface area contributed by atoms with Crippen LogP contribution in [0.15, 0.2) is 60.9 Å². The summed E-state index contributed by atoms with van der Waals surface area (Å²) in [7, 11) is 0. The summed E-state index contributed by atoms with van der Waals surface area (Å²) in [5, 5.41) is 19.4. The van der Waals surface area contributed by atoms with Gasteiger partial charge >= 0.3 is 11.8 Å². The van der Waals surface area contributed by atoms with Gasteiger partial charge in [0.2, 0.25) is 0 Å². The van der Waals surface area contributed by atoms with Crippen molar-refractivity contribution in [1.29, 1.82) is 0 Å². The Morgan fingerprint density at radius 2 is 1.88 bits per heavy atom. The first-order chi connectivity index (χ1) is 16.3. The Bertz CT molecular complexity index is 1300. The molecule has 0 aliphatic carbocycles. The third-order valence-electron chi connectivity index (χ3n) is 5.77. The highest BCUT2D eigenvalue weighted by Gasteiger charge is 2.41. The number of hydrogen-bond acceptors (Lipinski definition) is 7. The first-order valence-electron chi connectivity index (χ1n) is 11.0. The second kappa shape index (κ2) is 8.29. The lowest BCUT2D eigenvalue weighted by atomic mass is 10.0. The maximum atomic E-state index is 10.9. The largest absolute Gasteiger partial charge is 0.489 e. The molecule has 10 heteroatoms. The number of hydrogen-bond donors (Lipinski definition) is 0. The molecule has 0 saturated heterocycles. The normalized spacial score (nSPS) is 16.9. The van der Waals surface area contributed by atoms with E-state index in [1.165, 1.54) is 11.8 Å².